The number of hydrogen-bond donors (Lipinski definition) is 1. The summed E-state index contributed by atoms with van der Waals surface area (Å²) in [5, 5.41) is 0. The topological polar surface area (TPSA) is 55.6 Å². The molecule has 1 amide bonds. The number of amides is 1. The summed E-state index contributed by atoms with van der Waals surface area (Å²) in [7, 11) is 0. The molecule has 2 N–H and O–H groups in total. The summed E-state index contributed by atoms with van der Waals surface area (Å²) < 4.78 is 5.22. The number of rotatable bonds is 2. The monoisotopic (exact) mass is 236 g/mol. The second-order valence-corrected chi connectivity index (χ2v) is 6.21. The first kappa shape index (κ1) is 10.2. The molecular formula is C13H20N2O2. The molecule has 2 heterocycles. The highest BCUT2D eigenvalue weighted by molar-refractivity contribution is 5.71. The van der Waals surface area contributed by atoms with Crippen molar-refractivity contribution in [2.75, 3.05) is 13.2 Å². The van der Waals surface area contributed by atoms with E-state index in [1.165, 1.54) is 6.42 Å². The van der Waals surface area contributed by atoms with Gasteiger partial charge in [0, 0.05) is 12.1 Å². The van der Waals surface area contributed by atoms with E-state index >= 15 is 0 Å². The maximum atomic E-state index is 12.1. The third kappa shape index (κ3) is 1.02. The number of ether oxygens (including phenoxy) is 1. The number of carbonyl (C=O) groups is 1. The molecule has 0 aromatic rings. The van der Waals surface area contributed by atoms with Crippen LogP contribution in [0.4, 0.5) is 4.79 Å². The van der Waals surface area contributed by atoms with Gasteiger partial charge in [-0.15, -0.1) is 0 Å². The second kappa shape index (κ2) is 2.97. The predicted octanol–water partition coefficient (Wildman–Crippen LogP) is 1.20. The summed E-state index contributed by atoms with van der Waals surface area (Å²) in [6.45, 7) is 3.14. The zero-order valence-electron chi connectivity index (χ0n) is 10.3. The first-order valence-electron chi connectivity index (χ1n) is 6.89. The van der Waals surface area contributed by atoms with Gasteiger partial charge in [-0.05, 0) is 55.9 Å². The van der Waals surface area contributed by atoms with Crippen molar-refractivity contribution in [1.29, 1.82) is 0 Å². The molecule has 0 aromatic heterocycles. The van der Waals surface area contributed by atoms with Crippen LogP contribution in [0.25, 0.3) is 0 Å². The molecule has 0 aromatic carbocycles. The Kier molecular flexibility index (Phi) is 1.78. The fourth-order valence-electron chi connectivity index (χ4n) is 4.89. The van der Waals surface area contributed by atoms with Gasteiger partial charge in [-0.25, -0.2) is 4.79 Å². The minimum atomic E-state index is -0.0785. The van der Waals surface area contributed by atoms with Gasteiger partial charge in [0.15, 0.2) is 0 Å². The Morgan fingerprint density at radius 2 is 2.35 bits per heavy atom. The van der Waals surface area contributed by atoms with Crippen LogP contribution in [0.2, 0.25) is 0 Å². The fourth-order valence-corrected chi connectivity index (χ4v) is 4.89. The number of hydrogen-bond acceptors (Lipinski definition) is 3. The molecule has 2 aliphatic carbocycles. The lowest BCUT2D eigenvalue weighted by molar-refractivity contribution is 0.0465. The van der Waals surface area contributed by atoms with Crippen molar-refractivity contribution in [1.82, 2.24) is 4.90 Å². The molecule has 1 spiro atoms. The van der Waals surface area contributed by atoms with Gasteiger partial charge in [0.1, 0.15) is 0 Å². The van der Waals surface area contributed by atoms with Gasteiger partial charge in [-0.3, -0.25) is 0 Å². The van der Waals surface area contributed by atoms with E-state index in [2.05, 4.69) is 4.90 Å². The summed E-state index contributed by atoms with van der Waals surface area (Å²) in [5.74, 6) is 2.37. The van der Waals surface area contributed by atoms with Crippen molar-refractivity contribution < 1.29 is 9.53 Å². The molecule has 4 fully saturated rings. The van der Waals surface area contributed by atoms with Crippen molar-refractivity contribution in [3.8, 4) is 0 Å². The zero-order valence-corrected chi connectivity index (χ0v) is 10.3. The van der Waals surface area contributed by atoms with Gasteiger partial charge < -0.3 is 15.4 Å². The Hall–Kier alpha value is -0.770. The molecule has 4 rings (SSSR count). The quantitative estimate of drug-likeness (QED) is 0.784. The van der Waals surface area contributed by atoms with Gasteiger partial charge in [0.25, 0.3) is 0 Å². The van der Waals surface area contributed by atoms with Crippen LogP contribution < -0.4 is 5.73 Å². The molecule has 6 atom stereocenters. The molecule has 3 unspecified atom stereocenters. The highest BCUT2D eigenvalue weighted by Crippen LogP contribution is 2.88. The third-order valence-corrected chi connectivity index (χ3v) is 5.72. The number of carbonyl (C=O) groups excluding carboxylic acids is 1. The van der Waals surface area contributed by atoms with E-state index in [4.69, 9.17) is 10.5 Å². The number of nitrogens with zero attached hydrogens (tertiary/aromatic N) is 1. The SMILES string of the molecule is CCOC(=O)N1C2CC(CN)C[C@H]1[C@]13CC1[C@@H]23. The number of piperidine rings is 2. The van der Waals surface area contributed by atoms with Crippen molar-refractivity contribution >= 4 is 6.09 Å². The van der Waals surface area contributed by atoms with E-state index < -0.39 is 0 Å². The summed E-state index contributed by atoms with van der Waals surface area (Å²) >= 11 is 0. The Morgan fingerprint density at radius 3 is 2.94 bits per heavy atom. The van der Waals surface area contributed by atoms with Crippen LogP contribution in [0.15, 0.2) is 0 Å². The van der Waals surface area contributed by atoms with Gasteiger partial charge in [0.2, 0.25) is 0 Å². The fraction of sp³-hybridized carbons (Fsp3) is 0.923. The molecule has 4 aliphatic rings. The molecule has 4 heteroatoms. The van der Waals surface area contributed by atoms with Crippen molar-refractivity contribution in [3.05, 3.63) is 0 Å². The first-order valence-corrected chi connectivity index (χ1v) is 6.89. The van der Waals surface area contributed by atoms with Crippen LogP contribution in [-0.4, -0.2) is 36.2 Å². The first-order chi connectivity index (χ1) is 8.24. The molecule has 17 heavy (non-hydrogen) atoms. The Labute approximate surface area is 101 Å². The van der Waals surface area contributed by atoms with Crippen LogP contribution in [0.1, 0.15) is 26.2 Å². The van der Waals surface area contributed by atoms with Crippen LogP contribution in [-0.2, 0) is 4.74 Å². The van der Waals surface area contributed by atoms with Gasteiger partial charge in [-0.1, -0.05) is 0 Å². The lowest BCUT2D eigenvalue weighted by Crippen LogP contribution is -2.50. The predicted molar refractivity (Wildman–Crippen MR) is 62.2 cm³/mol. The Bertz CT molecular complexity index is 386. The lowest BCUT2D eigenvalue weighted by Gasteiger charge is -2.40. The van der Waals surface area contributed by atoms with E-state index in [1.54, 1.807) is 0 Å². The minimum Gasteiger partial charge on any atom is -0.450 e. The summed E-state index contributed by atoms with van der Waals surface area (Å²) in [6.07, 6.45) is 3.49. The molecule has 2 bridgehead atoms. The summed E-state index contributed by atoms with van der Waals surface area (Å²) in [4.78, 5) is 14.1. The van der Waals surface area contributed by atoms with Crippen LogP contribution in [0, 0.1) is 23.2 Å². The molecule has 2 saturated heterocycles. The van der Waals surface area contributed by atoms with Crippen molar-refractivity contribution in [3.63, 3.8) is 0 Å². The average Bonchev–Trinajstić information content (AvgIpc) is 3.14. The normalized spacial score (nSPS) is 52.8. The van der Waals surface area contributed by atoms with Crippen LogP contribution >= 0.6 is 0 Å². The third-order valence-electron chi connectivity index (χ3n) is 5.72. The Morgan fingerprint density at radius 1 is 1.53 bits per heavy atom. The van der Waals surface area contributed by atoms with E-state index in [9.17, 15) is 4.79 Å². The highest BCUT2D eigenvalue weighted by Gasteiger charge is 2.89. The van der Waals surface area contributed by atoms with E-state index in [0.717, 1.165) is 31.2 Å². The van der Waals surface area contributed by atoms with E-state index in [-0.39, 0.29) is 6.09 Å². The molecule has 94 valence electrons. The second-order valence-electron chi connectivity index (χ2n) is 6.21. The van der Waals surface area contributed by atoms with Gasteiger partial charge >= 0.3 is 6.09 Å². The standard InChI is InChI=1S/C13H20N2O2/c1-2-17-12(16)15-9-3-7(6-14)4-10(15)13-5-8(13)11(9)13/h7-11H,2-6,14H2,1H3/t7?,8?,9?,10-,11-,13-/m0/s1. The van der Waals surface area contributed by atoms with E-state index in [1.807, 2.05) is 6.92 Å². The lowest BCUT2D eigenvalue weighted by atomic mass is 9.88. The smallest absolute Gasteiger partial charge is 0.410 e. The highest BCUT2D eigenvalue weighted by atomic mass is 16.6. The molecular weight excluding hydrogens is 216 g/mol. The Balaban J connectivity index is 1.60. The number of fused-ring (bicyclic) bond motifs is 4. The van der Waals surface area contributed by atoms with Gasteiger partial charge in [-0.2, -0.15) is 0 Å². The molecule has 0 radical (unpaired) electrons. The zero-order chi connectivity index (χ0) is 11.8. The van der Waals surface area contributed by atoms with Crippen molar-refractivity contribution in [2.45, 2.75) is 38.3 Å². The molecule has 2 aliphatic heterocycles. The van der Waals surface area contributed by atoms with E-state index in [0.29, 0.717) is 30.0 Å². The average molecular weight is 236 g/mol. The van der Waals surface area contributed by atoms with Crippen molar-refractivity contribution in [2.24, 2.45) is 28.9 Å². The molecule has 2 saturated carbocycles. The maximum absolute atomic E-state index is 12.1. The van der Waals surface area contributed by atoms with Crippen LogP contribution in [0.3, 0.4) is 0 Å². The molecule has 4 nitrogen and oxygen atoms in total. The number of nitrogens with two attached hydrogens (primary N) is 1. The van der Waals surface area contributed by atoms with Gasteiger partial charge in [0.05, 0.1) is 6.61 Å². The summed E-state index contributed by atoms with van der Waals surface area (Å²) in [6, 6.07) is 0.893. The maximum Gasteiger partial charge on any atom is 0.410 e. The summed E-state index contributed by atoms with van der Waals surface area (Å²) in [5.41, 5.74) is 6.35. The van der Waals surface area contributed by atoms with Crippen LogP contribution in [0.5, 0.6) is 0 Å². The minimum absolute atomic E-state index is 0.0785. The largest absolute Gasteiger partial charge is 0.450 e.